The number of imidazole rings is 1. The van der Waals surface area contributed by atoms with Crippen LogP contribution in [0, 0.1) is 0 Å². The highest BCUT2D eigenvalue weighted by Gasteiger charge is 2.37. The molecule has 1 amide bonds. The molecule has 3 rings (SSSR count). The van der Waals surface area contributed by atoms with Crippen molar-refractivity contribution < 1.29 is 22.5 Å². The molecule has 0 aliphatic heterocycles. The van der Waals surface area contributed by atoms with Gasteiger partial charge in [0.15, 0.2) is 5.82 Å². The van der Waals surface area contributed by atoms with E-state index < -0.39 is 17.9 Å². The smallest absolute Gasteiger partial charge is 0.351 e. The van der Waals surface area contributed by atoms with Gasteiger partial charge in [0.2, 0.25) is 5.82 Å². The van der Waals surface area contributed by atoms with Gasteiger partial charge in [-0.15, -0.1) is 0 Å². The number of hydrogen-bond acceptors (Lipinski definition) is 5. The number of para-hydroxylation sites is 2. The van der Waals surface area contributed by atoms with Crippen LogP contribution < -0.4 is 5.32 Å². The molecule has 3 aromatic rings. The number of nitrogens with zero attached hydrogens (tertiary/aromatic N) is 4. The summed E-state index contributed by atoms with van der Waals surface area (Å²) in [5.41, 5.74) is 0.487. The van der Waals surface area contributed by atoms with Gasteiger partial charge in [-0.1, -0.05) is 17.3 Å². The molecular weight excluding hydrogens is 315 g/mol. The number of aromatic nitrogens is 4. The molecule has 0 fully saturated rings. The van der Waals surface area contributed by atoms with E-state index >= 15 is 0 Å². The van der Waals surface area contributed by atoms with Crippen LogP contribution in [0.5, 0.6) is 0 Å². The summed E-state index contributed by atoms with van der Waals surface area (Å²) >= 11 is 0. The highest BCUT2D eigenvalue weighted by atomic mass is 19.4. The molecule has 0 aliphatic carbocycles. The maximum Gasteiger partial charge on any atom is 0.449 e. The van der Waals surface area contributed by atoms with E-state index in [1.165, 1.54) is 19.2 Å². The molecule has 0 saturated heterocycles. The van der Waals surface area contributed by atoms with Gasteiger partial charge in [0, 0.05) is 7.05 Å². The van der Waals surface area contributed by atoms with E-state index in [1.807, 2.05) is 0 Å². The highest BCUT2D eigenvalue weighted by molar-refractivity contribution is 5.89. The third-order valence-electron chi connectivity index (χ3n) is 3.10. The van der Waals surface area contributed by atoms with E-state index in [9.17, 15) is 18.0 Å². The van der Waals surface area contributed by atoms with Crippen LogP contribution >= 0.6 is 0 Å². The largest absolute Gasteiger partial charge is 0.449 e. The van der Waals surface area contributed by atoms with Crippen LogP contribution in [-0.4, -0.2) is 32.6 Å². The topological polar surface area (TPSA) is 85.8 Å². The van der Waals surface area contributed by atoms with Crippen LogP contribution in [0.25, 0.3) is 11.0 Å². The van der Waals surface area contributed by atoms with Gasteiger partial charge in [-0.05, 0) is 12.1 Å². The van der Waals surface area contributed by atoms with E-state index in [4.69, 9.17) is 4.52 Å². The van der Waals surface area contributed by atoms with Crippen LogP contribution in [0.15, 0.2) is 28.8 Å². The molecule has 0 spiro atoms. The summed E-state index contributed by atoms with van der Waals surface area (Å²) in [4.78, 5) is 18.8. The summed E-state index contributed by atoms with van der Waals surface area (Å²) in [5, 5.41) is 5.81. The van der Waals surface area contributed by atoms with Crippen molar-refractivity contribution >= 4 is 16.9 Å². The van der Waals surface area contributed by atoms with Crippen molar-refractivity contribution in [3.8, 4) is 0 Å². The molecule has 0 saturated carbocycles. The minimum atomic E-state index is -4.63. The van der Waals surface area contributed by atoms with E-state index in [2.05, 4.69) is 20.4 Å². The van der Waals surface area contributed by atoms with Gasteiger partial charge in [0.25, 0.3) is 0 Å². The average Bonchev–Trinajstić information content (AvgIpc) is 3.12. The highest BCUT2D eigenvalue weighted by Crippen LogP contribution is 2.31. The van der Waals surface area contributed by atoms with Gasteiger partial charge in [-0.3, -0.25) is 4.79 Å². The quantitative estimate of drug-likeness (QED) is 0.794. The number of halogens is 3. The Morgan fingerprint density at radius 3 is 2.74 bits per heavy atom. The number of nitrogens with one attached hydrogen (secondary N) is 1. The Labute approximate surface area is 127 Å². The molecule has 2 aromatic heterocycles. The fourth-order valence-corrected chi connectivity index (χ4v) is 2.11. The van der Waals surface area contributed by atoms with Crippen LogP contribution in [-0.2, 0) is 12.7 Å². The third kappa shape index (κ3) is 2.74. The van der Waals surface area contributed by atoms with Gasteiger partial charge >= 0.3 is 18.0 Å². The average molecular weight is 325 g/mol. The van der Waals surface area contributed by atoms with E-state index in [0.29, 0.717) is 0 Å². The lowest BCUT2D eigenvalue weighted by molar-refractivity contribution is -0.146. The Hall–Kier alpha value is -2.91. The summed E-state index contributed by atoms with van der Waals surface area (Å²) in [6.45, 7) is -0.324. The van der Waals surface area contributed by atoms with Crippen LogP contribution in [0.2, 0.25) is 0 Å². The third-order valence-corrected chi connectivity index (χ3v) is 3.10. The Bertz CT molecular complexity index is 868. The number of fused-ring (bicyclic) bond motifs is 1. The SMILES string of the molecule is CNC(=O)c1nc(Cn2c(C(F)(F)F)nc3ccccc32)no1. The van der Waals surface area contributed by atoms with Crippen LogP contribution in [0.1, 0.15) is 22.3 Å². The van der Waals surface area contributed by atoms with Crippen molar-refractivity contribution in [2.75, 3.05) is 7.05 Å². The van der Waals surface area contributed by atoms with Gasteiger partial charge in [-0.25, -0.2) is 4.98 Å². The lowest BCUT2D eigenvalue weighted by Crippen LogP contribution is -2.18. The molecule has 0 unspecified atom stereocenters. The van der Waals surface area contributed by atoms with Crippen LogP contribution in [0.4, 0.5) is 13.2 Å². The summed E-state index contributed by atoms with van der Waals surface area (Å²) in [6, 6.07) is 6.19. The zero-order valence-electron chi connectivity index (χ0n) is 11.8. The molecule has 0 bridgehead atoms. The fourth-order valence-electron chi connectivity index (χ4n) is 2.11. The number of alkyl halides is 3. The molecular formula is C13H10F3N5O2. The number of carbonyl (C=O) groups excluding carboxylic acids is 1. The minimum Gasteiger partial charge on any atom is -0.351 e. The zero-order valence-corrected chi connectivity index (χ0v) is 11.8. The first-order chi connectivity index (χ1) is 10.9. The number of amides is 1. The Morgan fingerprint density at radius 2 is 2.04 bits per heavy atom. The molecule has 0 radical (unpaired) electrons. The first kappa shape index (κ1) is 15.0. The standard InChI is InChI=1S/C13H10F3N5O2/c1-17-10(22)11-19-9(20-23-11)6-21-8-5-3-2-4-7(8)18-12(21)13(14,15)16/h2-5H,6H2,1H3,(H,17,22). The molecule has 1 N–H and O–H groups in total. The van der Waals surface area contributed by atoms with Gasteiger partial charge in [-0.2, -0.15) is 18.2 Å². The van der Waals surface area contributed by atoms with Gasteiger partial charge < -0.3 is 14.4 Å². The lowest BCUT2D eigenvalue weighted by atomic mass is 10.3. The van der Waals surface area contributed by atoms with Gasteiger partial charge in [0.05, 0.1) is 17.6 Å². The minimum absolute atomic E-state index is 0.0581. The number of rotatable bonds is 3. The first-order valence-electron chi connectivity index (χ1n) is 6.47. The fraction of sp³-hybridized carbons (Fsp3) is 0.231. The van der Waals surface area contributed by atoms with Gasteiger partial charge in [0.1, 0.15) is 0 Å². The number of benzene rings is 1. The second-order valence-electron chi connectivity index (χ2n) is 4.60. The van der Waals surface area contributed by atoms with Crippen molar-refractivity contribution in [1.82, 2.24) is 25.0 Å². The summed E-state index contributed by atoms with van der Waals surface area (Å²) < 4.78 is 45.2. The van der Waals surface area contributed by atoms with Crippen molar-refractivity contribution in [2.24, 2.45) is 0 Å². The maximum absolute atomic E-state index is 13.2. The zero-order chi connectivity index (χ0) is 16.6. The summed E-state index contributed by atoms with van der Waals surface area (Å²) in [6.07, 6.45) is -4.63. The number of hydrogen-bond donors (Lipinski definition) is 1. The molecule has 0 atom stereocenters. The van der Waals surface area contributed by atoms with Crippen molar-refractivity contribution in [3.63, 3.8) is 0 Å². The summed E-state index contributed by atoms with van der Waals surface area (Å²) in [7, 11) is 1.37. The Balaban J connectivity index is 2.05. The van der Waals surface area contributed by atoms with Crippen molar-refractivity contribution in [3.05, 3.63) is 41.8 Å². The molecule has 7 nitrogen and oxygen atoms in total. The Morgan fingerprint density at radius 1 is 1.30 bits per heavy atom. The maximum atomic E-state index is 13.2. The van der Waals surface area contributed by atoms with E-state index in [1.54, 1.807) is 12.1 Å². The first-order valence-corrected chi connectivity index (χ1v) is 6.47. The van der Waals surface area contributed by atoms with Crippen molar-refractivity contribution in [1.29, 1.82) is 0 Å². The predicted octanol–water partition coefficient (Wildman–Crippen LogP) is 1.85. The molecule has 120 valence electrons. The molecule has 2 heterocycles. The van der Waals surface area contributed by atoms with E-state index in [0.717, 1.165) is 4.57 Å². The predicted molar refractivity (Wildman–Crippen MR) is 71.5 cm³/mol. The molecule has 10 heteroatoms. The molecule has 0 aliphatic rings. The summed E-state index contributed by atoms with van der Waals surface area (Å²) in [5.74, 6) is -2.06. The normalized spacial score (nSPS) is 11.8. The van der Waals surface area contributed by atoms with Crippen LogP contribution in [0.3, 0.4) is 0 Å². The second kappa shape index (κ2) is 5.38. The molecule has 1 aromatic carbocycles. The number of carbonyl (C=O) groups is 1. The second-order valence-corrected chi connectivity index (χ2v) is 4.60. The lowest BCUT2D eigenvalue weighted by Gasteiger charge is -2.09. The Kier molecular flexibility index (Phi) is 3.51. The van der Waals surface area contributed by atoms with E-state index in [-0.39, 0.29) is 29.3 Å². The molecule has 23 heavy (non-hydrogen) atoms. The van der Waals surface area contributed by atoms with Crippen molar-refractivity contribution in [2.45, 2.75) is 12.7 Å². The monoisotopic (exact) mass is 325 g/mol.